The second-order valence-electron chi connectivity index (χ2n) is 6.79. The molecule has 0 unspecified atom stereocenters. The number of nitrogens with one attached hydrogen (secondary N) is 1. The number of hydrogen-bond acceptors (Lipinski definition) is 4. The summed E-state index contributed by atoms with van der Waals surface area (Å²) in [6.07, 6.45) is 1.96. The number of benzene rings is 1. The highest BCUT2D eigenvalue weighted by atomic mass is 16.3. The van der Waals surface area contributed by atoms with Crippen LogP contribution >= 0.6 is 0 Å². The summed E-state index contributed by atoms with van der Waals surface area (Å²) >= 11 is 0. The fraction of sp³-hybridized carbons (Fsp3) is 0.400. The van der Waals surface area contributed by atoms with Crippen molar-refractivity contribution in [3.63, 3.8) is 0 Å². The molecule has 0 bridgehead atoms. The lowest BCUT2D eigenvalue weighted by molar-refractivity contribution is -0.116. The maximum Gasteiger partial charge on any atom is 0.289 e. The number of amides is 2. The normalized spacial score (nSPS) is 15.1. The minimum Gasteiger partial charge on any atom is -0.459 e. The van der Waals surface area contributed by atoms with Crippen molar-refractivity contribution in [1.82, 2.24) is 9.80 Å². The summed E-state index contributed by atoms with van der Waals surface area (Å²) in [5.74, 6) is 0.331. The van der Waals surface area contributed by atoms with Gasteiger partial charge in [0.25, 0.3) is 5.91 Å². The molecule has 0 radical (unpaired) electrons. The van der Waals surface area contributed by atoms with Crippen LogP contribution < -0.4 is 5.32 Å². The third-order valence-electron chi connectivity index (χ3n) is 4.55. The number of hydrogen-bond donors (Lipinski definition) is 1. The lowest BCUT2D eigenvalue weighted by atomic mass is 10.1. The van der Waals surface area contributed by atoms with Crippen LogP contribution in [0.5, 0.6) is 0 Å². The number of carbonyl (C=O) groups is 2. The molecule has 0 spiro atoms. The largest absolute Gasteiger partial charge is 0.459 e. The van der Waals surface area contributed by atoms with E-state index < -0.39 is 0 Å². The van der Waals surface area contributed by atoms with Gasteiger partial charge in [0, 0.05) is 44.8 Å². The average molecular weight is 355 g/mol. The standard InChI is InChI=1S/C20H25N3O3/c1-15-12-16(2)14-17(13-15)21-19(24)5-6-22-7-9-23(10-8-22)20(25)18-4-3-11-26-18/h3-4,11-14H,5-10H2,1-2H3,(H,21,24). The summed E-state index contributed by atoms with van der Waals surface area (Å²) in [7, 11) is 0. The van der Waals surface area contributed by atoms with Crippen molar-refractivity contribution in [3.05, 3.63) is 53.5 Å². The Morgan fingerprint density at radius 3 is 2.38 bits per heavy atom. The Bertz CT molecular complexity index is 742. The van der Waals surface area contributed by atoms with Gasteiger partial charge in [-0.3, -0.25) is 14.5 Å². The highest BCUT2D eigenvalue weighted by Gasteiger charge is 2.23. The Hall–Kier alpha value is -2.60. The first kappa shape index (κ1) is 18.2. The van der Waals surface area contributed by atoms with Gasteiger partial charge >= 0.3 is 0 Å². The zero-order valence-electron chi connectivity index (χ0n) is 15.3. The fourth-order valence-corrected chi connectivity index (χ4v) is 3.26. The maximum atomic E-state index is 12.2. The van der Waals surface area contributed by atoms with Crippen LogP contribution in [-0.4, -0.2) is 54.3 Å². The van der Waals surface area contributed by atoms with E-state index in [1.807, 2.05) is 26.0 Å². The molecule has 2 heterocycles. The lowest BCUT2D eigenvalue weighted by Crippen LogP contribution is -2.49. The highest BCUT2D eigenvalue weighted by Crippen LogP contribution is 2.14. The smallest absolute Gasteiger partial charge is 0.289 e. The van der Waals surface area contributed by atoms with Crippen LogP contribution in [0, 0.1) is 13.8 Å². The van der Waals surface area contributed by atoms with Gasteiger partial charge in [-0.05, 0) is 49.2 Å². The number of piperazine rings is 1. The number of aryl methyl sites for hydroxylation is 2. The van der Waals surface area contributed by atoms with Crippen molar-refractivity contribution < 1.29 is 14.0 Å². The predicted molar refractivity (Wildman–Crippen MR) is 100 cm³/mol. The Morgan fingerprint density at radius 1 is 1.08 bits per heavy atom. The van der Waals surface area contributed by atoms with E-state index in [-0.39, 0.29) is 11.8 Å². The minimum atomic E-state index is -0.0674. The lowest BCUT2D eigenvalue weighted by Gasteiger charge is -2.34. The van der Waals surface area contributed by atoms with E-state index in [9.17, 15) is 9.59 Å². The Morgan fingerprint density at radius 2 is 1.77 bits per heavy atom. The first-order valence-corrected chi connectivity index (χ1v) is 8.94. The van der Waals surface area contributed by atoms with Crippen LogP contribution in [0.3, 0.4) is 0 Å². The summed E-state index contributed by atoms with van der Waals surface area (Å²) in [6, 6.07) is 9.44. The fourth-order valence-electron chi connectivity index (χ4n) is 3.26. The molecule has 3 rings (SSSR count). The van der Waals surface area contributed by atoms with Gasteiger partial charge in [0.05, 0.1) is 6.26 Å². The zero-order valence-corrected chi connectivity index (χ0v) is 15.3. The van der Waals surface area contributed by atoms with Gasteiger partial charge in [-0.2, -0.15) is 0 Å². The van der Waals surface area contributed by atoms with Crippen molar-refractivity contribution in [2.75, 3.05) is 38.0 Å². The number of carbonyl (C=O) groups excluding carboxylic acids is 2. The SMILES string of the molecule is Cc1cc(C)cc(NC(=O)CCN2CCN(C(=O)c3ccco3)CC2)c1. The maximum absolute atomic E-state index is 12.2. The molecule has 0 aliphatic carbocycles. The summed E-state index contributed by atoms with van der Waals surface area (Å²) in [6.45, 7) is 7.57. The Labute approximate surface area is 153 Å². The number of anilines is 1. The van der Waals surface area contributed by atoms with Gasteiger partial charge in [-0.15, -0.1) is 0 Å². The molecule has 0 atom stereocenters. The molecule has 26 heavy (non-hydrogen) atoms. The molecule has 1 saturated heterocycles. The molecule has 1 aliphatic heterocycles. The van der Waals surface area contributed by atoms with E-state index in [2.05, 4.69) is 16.3 Å². The monoisotopic (exact) mass is 355 g/mol. The molecular weight excluding hydrogens is 330 g/mol. The second kappa shape index (κ2) is 8.19. The van der Waals surface area contributed by atoms with Gasteiger partial charge < -0.3 is 14.6 Å². The topological polar surface area (TPSA) is 65.8 Å². The number of rotatable bonds is 5. The van der Waals surface area contributed by atoms with Crippen LogP contribution in [0.15, 0.2) is 41.0 Å². The average Bonchev–Trinajstić information content (AvgIpc) is 3.13. The van der Waals surface area contributed by atoms with Crippen LogP contribution in [0.4, 0.5) is 5.69 Å². The van der Waals surface area contributed by atoms with Crippen LogP contribution in [0.2, 0.25) is 0 Å². The van der Waals surface area contributed by atoms with E-state index in [1.165, 1.54) is 6.26 Å². The Balaban J connectivity index is 1.42. The molecule has 1 N–H and O–H groups in total. The number of furan rings is 1. The molecule has 1 fully saturated rings. The summed E-state index contributed by atoms with van der Waals surface area (Å²) < 4.78 is 5.17. The van der Waals surface area contributed by atoms with Gasteiger partial charge in [0.2, 0.25) is 5.91 Å². The van der Waals surface area contributed by atoms with Crippen molar-refractivity contribution in [3.8, 4) is 0 Å². The molecule has 0 saturated carbocycles. The first-order valence-electron chi connectivity index (χ1n) is 8.94. The third-order valence-corrected chi connectivity index (χ3v) is 4.55. The van der Waals surface area contributed by atoms with Gasteiger partial charge in [-0.1, -0.05) is 6.07 Å². The summed E-state index contributed by atoms with van der Waals surface area (Å²) in [4.78, 5) is 28.4. The zero-order chi connectivity index (χ0) is 18.5. The summed E-state index contributed by atoms with van der Waals surface area (Å²) in [5.41, 5.74) is 3.12. The Kier molecular flexibility index (Phi) is 5.73. The predicted octanol–water partition coefficient (Wildman–Crippen LogP) is 2.68. The molecule has 6 nitrogen and oxygen atoms in total. The van der Waals surface area contributed by atoms with E-state index >= 15 is 0 Å². The third kappa shape index (κ3) is 4.73. The first-order chi connectivity index (χ1) is 12.5. The molecule has 2 amide bonds. The van der Waals surface area contributed by atoms with Crippen LogP contribution in [0.1, 0.15) is 28.1 Å². The highest BCUT2D eigenvalue weighted by molar-refractivity contribution is 5.92. The van der Waals surface area contributed by atoms with Crippen molar-refractivity contribution in [1.29, 1.82) is 0 Å². The number of nitrogens with zero attached hydrogens (tertiary/aromatic N) is 2. The molecule has 6 heteroatoms. The molecule has 1 aromatic heterocycles. The van der Waals surface area contributed by atoms with Gasteiger partial charge in [-0.25, -0.2) is 0 Å². The van der Waals surface area contributed by atoms with E-state index in [0.29, 0.717) is 31.8 Å². The second-order valence-corrected chi connectivity index (χ2v) is 6.79. The van der Waals surface area contributed by atoms with Gasteiger partial charge in [0.1, 0.15) is 0 Å². The quantitative estimate of drug-likeness (QED) is 0.896. The van der Waals surface area contributed by atoms with Crippen LogP contribution in [-0.2, 0) is 4.79 Å². The van der Waals surface area contributed by atoms with Crippen molar-refractivity contribution in [2.45, 2.75) is 20.3 Å². The van der Waals surface area contributed by atoms with Gasteiger partial charge in [0.15, 0.2) is 5.76 Å². The molecule has 2 aromatic rings. The van der Waals surface area contributed by atoms with Crippen molar-refractivity contribution in [2.24, 2.45) is 0 Å². The molecule has 138 valence electrons. The molecule has 1 aromatic carbocycles. The molecular formula is C20H25N3O3. The van der Waals surface area contributed by atoms with E-state index in [1.54, 1.807) is 17.0 Å². The minimum absolute atomic E-state index is 0.0177. The molecule has 1 aliphatic rings. The summed E-state index contributed by atoms with van der Waals surface area (Å²) in [5, 5.41) is 2.97. The van der Waals surface area contributed by atoms with E-state index in [0.717, 1.165) is 29.9 Å². The van der Waals surface area contributed by atoms with E-state index in [4.69, 9.17) is 4.42 Å². The van der Waals surface area contributed by atoms with Crippen molar-refractivity contribution >= 4 is 17.5 Å². The van der Waals surface area contributed by atoms with Crippen LogP contribution in [0.25, 0.3) is 0 Å².